The summed E-state index contributed by atoms with van der Waals surface area (Å²) in [6.45, 7) is 1.97. The van der Waals surface area contributed by atoms with E-state index in [0.717, 1.165) is 29.3 Å². The van der Waals surface area contributed by atoms with Crippen LogP contribution in [0.25, 0.3) is 0 Å². The lowest BCUT2D eigenvalue weighted by molar-refractivity contribution is -0.00000224. The summed E-state index contributed by atoms with van der Waals surface area (Å²) >= 11 is 8.54. The number of amidine groups is 1. The Labute approximate surface area is 104 Å². The molecule has 1 heterocycles. The van der Waals surface area contributed by atoms with Gasteiger partial charge in [-0.3, -0.25) is 5.41 Å². The molecule has 0 bridgehead atoms. The van der Waals surface area contributed by atoms with E-state index in [9.17, 15) is 0 Å². The van der Waals surface area contributed by atoms with E-state index in [0.29, 0.717) is 4.83 Å². The number of nitrogens with zero attached hydrogens (tertiary/aromatic N) is 1. The molecule has 1 aliphatic heterocycles. The molecule has 0 saturated carbocycles. The van der Waals surface area contributed by atoms with Gasteiger partial charge in [0.25, 0.3) is 0 Å². The van der Waals surface area contributed by atoms with Crippen LogP contribution in [0, 0.1) is 5.41 Å². The highest BCUT2D eigenvalue weighted by Crippen LogP contribution is 2.18. The van der Waals surface area contributed by atoms with Crippen molar-refractivity contribution in [2.75, 3.05) is 24.2 Å². The first-order valence-electron chi connectivity index (χ1n) is 3.40. The zero-order chi connectivity index (χ0) is 8.27. The van der Waals surface area contributed by atoms with Crippen LogP contribution < -0.4 is 17.0 Å². The van der Waals surface area contributed by atoms with Crippen molar-refractivity contribution in [2.24, 2.45) is 0 Å². The van der Waals surface area contributed by atoms with Gasteiger partial charge in [0, 0.05) is 29.0 Å². The second-order valence-corrected chi connectivity index (χ2v) is 5.38. The summed E-state index contributed by atoms with van der Waals surface area (Å²) in [6.07, 6.45) is 0. The number of nitrogens with one attached hydrogen (secondary N) is 1. The van der Waals surface area contributed by atoms with Crippen LogP contribution in [0.2, 0.25) is 0 Å². The highest BCUT2D eigenvalue weighted by atomic mass is 79.9. The van der Waals surface area contributed by atoms with Crippen LogP contribution >= 0.6 is 43.6 Å². The van der Waals surface area contributed by atoms with E-state index in [-0.39, 0.29) is 17.0 Å². The maximum absolute atomic E-state index is 7.53. The lowest BCUT2D eigenvalue weighted by Gasteiger charge is -2.18. The lowest BCUT2D eigenvalue weighted by Crippen LogP contribution is -3.00. The summed E-state index contributed by atoms with van der Waals surface area (Å²) in [5, 5.41) is 9.19. The third-order valence-corrected chi connectivity index (χ3v) is 4.66. The van der Waals surface area contributed by atoms with Crippen molar-refractivity contribution >= 4 is 48.8 Å². The molecule has 0 aliphatic carbocycles. The number of thioether (sulfide) groups is 1. The molecule has 1 atom stereocenters. The lowest BCUT2D eigenvalue weighted by atomic mass is 10.4. The van der Waals surface area contributed by atoms with Crippen LogP contribution in [0.4, 0.5) is 0 Å². The highest BCUT2D eigenvalue weighted by Gasteiger charge is 2.19. The molecule has 12 heavy (non-hydrogen) atoms. The van der Waals surface area contributed by atoms with E-state index < -0.39 is 0 Å². The molecule has 0 aromatic heterocycles. The van der Waals surface area contributed by atoms with Gasteiger partial charge >= 0.3 is 0 Å². The quantitative estimate of drug-likeness (QED) is 0.644. The molecule has 0 aromatic carbocycles. The van der Waals surface area contributed by atoms with Gasteiger partial charge in [-0.05, 0) is 0 Å². The Balaban J connectivity index is 0.00000121. The van der Waals surface area contributed by atoms with E-state index in [1.165, 1.54) is 0 Å². The highest BCUT2D eigenvalue weighted by molar-refractivity contribution is 9.12. The molecule has 1 N–H and O–H groups in total. The molecule has 0 amide bonds. The molecular weight excluding hydrogens is 372 g/mol. The van der Waals surface area contributed by atoms with Gasteiger partial charge in [0.15, 0.2) is 5.17 Å². The second kappa shape index (κ2) is 6.68. The van der Waals surface area contributed by atoms with Gasteiger partial charge < -0.3 is 21.9 Å². The average molecular weight is 382 g/mol. The van der Waals surface area contributed by atoms with Crippen molar-refractivity contribution in [3.05, 3.63) is 0 Å². The van der Waals surface area contributed by atoms with Crippen molar-refractivity contribution < 1.29 is 17.0 Å². The van der Waals surface area contributed by atoms with Crippen LogP contribution in [0.1, 0.15) is 0 Å². The Bertz CT molecular complexity index is 156. The summed E-state index contributed by atoms with van der Waals surface area (Å²) < 4.78 is 0. The third kappa shape index (κ3) is 3.98. The fraction of sp³-hybridized carbons (Fsp3) is 0.833. The van der Waals surface area contributed by atoms with Crippen molar-refractivity contribution in [1.82, 2.24) is 4.90 Å². The molecule has 1 fully saturated rings. The number of hydrogen-bond acceptors (Lipinski definition) is 2. The first-order chi connectivity index (χ1) is 5.24. The van der Waals surface area contributed by atoms with E-state index in [1.807, 2.05) is 0 Å². The predicted octanol–water partition coefficient (Wildman–Crippen LogP) is -0.868. The minimum atomic E-state index is 0. The first kappa shape index (κ1) is 13.3. The Kier molecular flexibility index (Phi) is 7.38. The fourth-order valence-electron chi connectivity index (χ4n) is 0.907. The maximum Gasteiger partial charge on any atom is 0.156 e. The Hall–Kier alpha value is 1.26. The molecule has 72 valence electrons. The first-order valence-corrected chi connectivity index (χ1v) is 6.42. The molecule has 0 radical (unpaired) electrons. The molecule has 0 aromatic rings. The van der Waals surface area contributed by atoms with Crippen LogP contribution in [-0.4, -0.2) is 39.1 Å². The van der Waals surface area contributed by atoms with Gasteiger partial charge in [0.1, 0.15) is 0 Å². The number of rotatable bonds is 3. The fourth-order valence-corrected chi connectivity index (χ4v) is 2.32. The summed E-state index contributed by atoms with van der Waals surface area (Å²) in [5.74, 6) is 1.07. The Morgan fingerprint density at radius 1 is 1.67 bits per heavy atom. The summed E-state index contributed by atoms with van der Waals surface area (Å²) in [5.41, 5.74) is 0. The normalized spacial score (nSPS) is 19.2. The van der Waals surface area contributed by atoms with Gasteiger partial charge in [-0.15, -0.1) is 0 Å². The van der Waals surface area contributed by atoms with Crippen molar-refractivity contribution in [3.8, 4) is 0 Å². The minimum absolute atomic E-state index is 0. The van der Waals surface area contributed by atoms with Crippen LogP contribution in [0.3, 0.4) is 0 Å². The maximum atomic E-state index is 7.53. The van der Waals surface area contributed by atoms with Crippen molar-refractivity contribution in [2.45, 2.75) is 4.83 Å². The van der Waals surface area contributed by atoms with Crippen LogP contribution in [-0.2, 0) is 0 Å². The van der Waals surface area contributed by atoms with E-state index in [2.05, 4.69) is 36.8 Å². The average Bonchev–Trinajstić information content (AvgIpc) is 2.37. The summed E-state index contributed by atoms with van der Waals surface area (Å²) in [6, 6.07) is 0. The Morgan fingerprint density at radius 3 is 2.75 bits per heavy atom. The Morgan fingerprint density at radius 2 is 2.33 bits per heavy atom. The van der Waals surface area contributed by atoms with Gasteiger partial charge in [-0.2, -0.15) is 0 Å². The van der Waals surface area contributed by atoms with Gasteiger partial charge in [-0.25, -0.2) is 0 Å². The van der Waals surface area contributed by atoms with Gasteiger partial charge in [0.05, 0.1) is 0 Å². The third-order valence-electron chi connectivity index (χ3n) is 1.47. The van der Waals surface area contributed by atoms with Gasteiger partial charge in [0.2, 0.25) is 0 Å². The van der Waals surface area contributed by atoms with E-state index in [1.54, 1.807) is 11.8 Å². The minimum Gasteiger partial charge on any atom is -1.00 e. The molecule has 1 unspecified atom stereocenters. The SMILES string of the molecule is N=C1SCCN1CC(Br)CBr.[Br-]. The molecule has 2 nitrogen and oxygen atoms in total. The molecule has 6 heteroatoms. The topological polar surface area (TPSA) is 27.1 Å². The second-order valence-electron chi connectivity index (χ2n) is 2.35. The summed E-state index contributed by atoms with van der Waals surface area (Å²) in [7, 11) is 0. The van der Waals surface area contributed by atoms with E-state index >= 15 is 0 Å². The zero-order valence-electron chi connectivity index (χ0n) is 6.40. The molecular formula is C6H10Br3N2S-. The largest absolute Gasteiger partial charge is 1.00 e. The number of halogens is 3. The van der Waals surface area contributed by atoms with Crippen molar-refractivity contribution in [3.63, 3.8) is 0 Å². The summed E-state index contributed by atoms with van der Waals surface area (Å²) in [4.78, 5) is 2.56. The smallest absolute Gasteiger partial charge is 0.156 e. The monoisotopic (exact) mass is 379 g/mol. The predicted molar refractivity (Wildman–Crippen MR) is 58.3 cm³/mol. The van der Waals surface area contributed by atoms with Gasteiger partial charge in [-0.1, -0.05) is 43.6 Å². The van der Waals surface area contributed by atoms with Crippen molar-refractivity contribution in [1.29, 1.82) is 5.41 Å². The van der Waals surface area contributed by atoms with Crippen LogP contribution in [0.5, 0.6) is 0 Å². The zero-order valence-corrected chi connectivity index (χ0v) is 12.0. The number of hydrogen-bond donors (Lipinski definition) is 1. The number of alkyl halides is 2. The molecule has 1 rings (SSSR count). The molecule has 1 saturated heterocycles. The van der Waals surface area contributed by atoms with E-state index in [4.69, 9.17) is 5.41 Å². The standard InChI is InChI=1S/C6H10Br2N2S.BrH/c7-3-5(8)4-10-1-2-11-6(10)9;/h5,9H,1-4H2;1H/p-1. The molecule has 1 aliphatic rings. The molecule has 0 spiro atoms. The van der Waals surface area contributed by atoms with Crippen LogP contribution in [0.15, 0.2) is 0 Å².